The van der Waals surface area contributed by atoms with Crippen molar-refractivity contribution in [2.24, 2.45) is 0 Å². The van der Waals surface area contributed by atoms with Gasteiger partial charge in [-0.05, 0) is 12.1 Å². The average molecular weight is 254 g/mol. The number of hydrogen-bond donors (Lipinski definition) is 0. The molecular formula is C7H3BrCl2O. The number of halogens is 3. The molecule has 0 radical (unpaired) electrons. The van der Waals surface area contributed by atoms with E-state index in [1.165, 1.54) is 0 Å². The van der Waals surface area contributed by atoms with E-state index in [0.717, 1.165) is 4.47 Å². The van der Waals surface area contributed by atoms with E-state index in [-0.39, 0.29) is 0 Å². The Balaban J connectivity index is 3.35. The van der Waals surface area contributed by atoms with Crippen LogP contribution in [0.1, 0.15) is 10.4 Å². The first kappa shape index (κ1) is 9.04. The van der Waals surface area contributed by atoms with E-state index >= 15 is 0 Å². The Morgan fingerprint density at radius 2 is 2.00 bits per heavy atom. The molecule has 0 aliphatic rings. The van der Waals surface area contributed by atoms with Crippen LogP contribution in [0.2, 0.25) is 10.0 Å². The Kier molecular flexibility index (Phi) is 2.93. The van der Waals surface area contributed by atoms with Gasteiger partial charge in [-0.3, -0.25) is 4.79 Å². The number of rotatable bonds is 1. The lowest BCUT2D eigenvalue weighted by atomic mass is 10.2. The normalized spacial score (nSPS) is 9.73. The largest absolute Gasteiger partial charge is 0.298 e. The molecule has 0 amide bonds. The number of carbonyl (C=O) groups is 1. The molecule has 4 heteroatoms. The third kappa shape index (κ3) is 1.95. The number of benzene rings is 1. The summed E-state index contributed by atoms with van der Waals surface area (Å²) in [5.74, 6) is 0. The molecule has 58 valence electrons. The van der Waals surface area contributed by atoms with Crippen molar-refractivity contribution in [1.29, 1.82) is 0 Å². The molecule has 0 aliphatic heterocycles. The van der Waals surface area contributed by atoms with Crippen molar-refractivity contribution >= 4 is 45.4 Å². The Hall–Kier alpha value is -0.0500. The molecule has 0 unspecified atom stereocenters. The van der Waals surface area contributed by atoms with Crippen molar-refractivity contribution in [3.63, 3.8) is 0 Å². The first-order valence-corrected chi connectivity index (χ1v) is 4.29. The molecule has 0 fully saturated rings. The van der Waals surface area contributed by atoms with Gasteiger partial charge in [0.1, 0.15) is 0 Å². The van der Waals surface area contributed by atoms with Crippen LogP contribution in [0.5, 0.6) is 0 Å². The molecular weight excluding hydrogens is 251 g/mol. The van der Waals surface area contributed by atoms with Crippen molar-refractivity contribution in [2.45, 2.75) is 0 Å². The lowest BCUT2D eigenvalue weighted by Gasteiger charge is -1.99. The van der Waals surface area contributed by atoms with Gasteiger partial charge in [0.15, 0.2) is 6.29 Å². The number of carbonyl (C=O) groups excluding carboxylic acids is 1. The Morgan fingerprint density at radius 3 is 2.55 bits per heavy atom. The maximum Gasteiger partial charge on any atom is 0.151 e. The average Bonchev–Trinajstić information content (AvgIpc) is 1.96. The van der Waals surface area contributed by atoms with Crippen molar-refractivity contribution < 1.29 is 4.79 Å². The minimum Gasteiger partial charge on any atom is -0.298 e. The second-order valence-electron chi connectivity index (χ2n) is 1.91. The van der Waals surface area contributed by atoms with Crippen LogP contribution < -0.4 is 0 Å². The third-order valence-corrected chi connectivity index (χ3v) is 2.42. The standard InChI is InChI=1S/C7H3BrCl2O/c8-5-1-4(3-11)7(10)6(9)2-5/h1-3H. The van der Waals surface area contributed by atoms with E-state index in [2.05, 4.69) is 15.9 Å². The lowest BCUT2D eigenvalue weighted by Crippen LogP contribution is -1.82. The number of hydrogen-bond acceptors (Lipinski definition) is 1. The van der Waals surface area contributed by atoms with Gasteiger partial charge in [-0.1, -0.05) is 39.1 Å². The first-order valence-electron chi connectivity index (χ1n) is 2.75. The van der Waals surface area contributed by atoms with Gasteiger partial charge in [0.2, 0.25) is 0 Å². The van der Waals surface area contributed by atoms with Crippen molar-refractivity contribution in [2.75, 3.05) is 0 Å². The van der Waals surface area contributed by atoms with E-state index in [4.69, 9.17) is 23.2 Å². The highest BCUT2D eigenvalue weighted by molar-refractivity contribution is 9.10. The van der Waals surface area contributed by atoms with Gasteiger partial charge in [0.25, 0.3) is 0 Å². The molecule has 0 saturated carbocycles. The molecule has 1 nitrogen and oxygen atoms in total. The molecule has 1 rings (SSSR count). The summed E-state index contributed by atoms with van der Waals surface area (Å²) in [7, 11) is 0. The zero-order valence-corrected chi connectivity index (χ0v) is 8.37. The fourth-order valence-corrected chi connectivity index (χ4v) is 1.65. The van der Waals surface area contributed by atoms with Gasteiger partial charge in [-0.15, -0.1) is 0 Å². The van der Waals surface area contributed by atoms with Crippen LogP contribution in [0.25, 0.3) is 0 Å². The Morgan fingerprint density at radius 1 is 1.36 bits per heavy atom. The van der Waals surface area contributed by atoms with Crippen LogP contribution in [-0.4, -0.2) is 6.29 Å². The summed E-state index contributed by atoms with van der Waals surface area (Å²) >= 11 is 14.5. The molecule has 11 heavy (non-hydrogen) atoms. The maximum absolute atomic E-state index is 10.4. The Bertz CT molecular complexity index is 299. The van der Waals surface area contributed by atoms with Crippen LogP contribution in [0, 0.1) is 0 Å². The minimum atomic E-state index is 0.296. The number of aldehydes is 1. The van der Waals surface area contributed by atoms with E-state index in [0.29, 0.717) is 21.9 Å². The summed E-state index contributed by atoms with van der Waals surface area (Å²) in [6, 6.07) is 3.25. The highest BCUT2D eigenvalue weighted by Gasteiger charge is 2.04. The van der Waals surface area contributed by atoms with Crippen LogP contribution in [0.15, 0.2) is 16.6 Å². The molecule has 1 aromatic carbocycles. The highest BCUT2D eigenvalue weighted by Crippen LogP contribution is 2.28. The van der Waals surface area contributed by atoms with Gasteiger partial charge in [0.05, 0.1) is 10.0 Å². The van der Waals surface area contributed by atoms with Gasteiger partial charge in [-0.2, -0.15) is 0 Å². The predicted octanol–water partition coefficient (Wildman–Crippen LogP) is 3.57. The zero-order chi connectivity index (χ0) is 8.43. The maximum atomic E-state index is 10.4. The van der Waals surface area contributed by atoms with E-state index < -0.39 is 0 Å². The van der Waals surface area contributed by atoms with E-state index in [1.807, 2.05) is 0 Å². The molecule has 0 aromatic heterocycles. The molecule has 0 N–H and O–H groups in total. The fraction of sp³-hybridized carbons (Fsp3) is 0. The van der Waals surface area contributed by atoms with E-state index in [9.17, 15) is 4.79 Å². The second-order valence-corrected chi connectivity index (χ2v) is 3.61. The second kappa shape index (κ2) is 3.57. The molecule has 0 heterocycles. The summed E-state index contributed by atoms with van der Waals surface area (Å²) < 4.78 is 0.744. The van der Waals surface area contributed by atoms with Crippen molar-refractivity contribution in [3.8, 4) is 0 Å². The quantitative estimate of drug-likeness (QED) is 0.553. The summed E-state index contributed by atoms with van der Waals surface area (Å²) in [6.45, 7) is 0. The highest BCUT2D eigenvalue weighted by atomic mass is 79.9. The van der Waals surface area contributed by atoms with Crippen LogP contribution in [-0.2, 0) is 0 Å². The smallest absolute Gasteiger partial charge is 0.151 e. The molecule has 0 spiro atoms. The summed E-state index contributed by atoms with van der Waals surface area (Å²) in [5, 5.41) is 0.674. The van der Waals surface area contributed by atoms with E-state index in [1.54, 1.807) is 12.1 Å². The monoisotopic (exact) mass is 252 g/mol. The SMILES string of the molecule is O=Cc1cc(Br)cc(Cl)c1Cl. The molecule has 0 aliphatic carbocycles. The van der Waals surface area contributed by atoms with Crippen LogP contribution in [0.3, 0.4) is 0 Å². The topological polar surface area (TPSA) is 17.1 Å². The Labute approximate surface area is 82.4 Å². The summed E-state index contributed by atoms with van der Waals surface area (Å²) in [6.07, 6.45) is 0.666. The summed E-state index contributed by atoms with van der Waals surface area (Å²) in [4.78, 5) is 10.4. The van der Waals surface area contributed by atoms with Crippen LogP contribution >= 0.6 is 39.1 Å². The zero-order valence-electron chi connectivity index (χ0n) is 5.27. The molecule has 0 atom stereocenters. The lowest BCUT2D eigenvalue weighted by molar-refractivity contribution is 0.112. The summed E-state index contributed by atoms with van der Waals surface area (Å²) in [5.41, 5.74) is 0.394. The minimum absolute atomic E-state index is 0.296. The molecule has 0 bridgehead atoms. The van der Waals surface area contributed by atoms with Gasteiger partial charge in [0, 0.05) is 10.0 Å². The van der Waals surface area contributed by atoms with Crippen LogP contribution in [0.4, 0.5) is 0 Å². The van der Waals surface area contributed by atoms with Gasteiger partial charge in [-0.25, -0.2) is 0 Å². The third-order valence-electron chi connectivity index (χ3n) is 1.15. The predicted molar refractivity (Wildman–Crippen MR) is 49.5 cm³/mol. The van der Waals surface area contributed by atoms with Crippen molar-refractivity contribution in [3.05, 3.63) is 32.2 Å². The van der Waals surface area contributed by atoms with Crippen molar-refractivity contribution in [1.82, 2.24) is 0 Å². The van der Waals surface area contributed by atoms with Gasteiger partial charge < -0.3 is 0 Å². The molecule has 1 aromatic rings. The fourth-order valence-electron chi connectivity index (χ4n) is 0.662. The molecule has 0 saturated heterocycles. The first-order chi connectivity index (χ1) is 5.15. The van der Waals surface area contributed by atoms with Gasteiger partial charge >= 0.3 is 0 Å².